The van der Waals surface area contributed by atoms with Gasteiger partial charge in [0.1, 0.15) is 10.8 Å². The van der Waals surface area contributed by atoms with Crippen molar-refractivity contribution in [3.63, 3.8) is 0 Å². The van der Waals surface area contributed by atoms with Crippen LogP contribution in [0.2, 0.25) is 10.0 Å². The quantitative estimate of drug-likeness (QED) is 0.639. The maximum absolute atomic E-state index is 6.37. The van der Waals surface area contributed by atoms with Gasteiger partial charge in [0.2, 0.25) is 0 Å². The van der Waals surface area contributed by atoms with Crippen molar-refractivity contribution in [2.45, 2.75) is 33.1 Å². The summed E-state index contributed by atoms with van der Waals surface area (Å²) in [6.07, 6.45) is 0. The lowest BCUT2D eigenvalue weighted by atomic mass is 9.93. The summed E-state index contributed by atoms with van der Waals surface area (Å²) < 4.78 is 1.62. The number of halogens is 2. The van der Waals surface area contributed by atoms with E-state index >= 15 is 0 Å². The Balaban J connectivity index is 2.14. The van der Waals surface area contributed by atoms with Crippen LogP contribution in [0.15, 0.2) is 23.6 Å². The van der Waals surface area contributed by atoms with E-state index in [1.807, 2.05) is 6.92 Å². The molecule has 1 aromatic carbocycles. The van der Waals surface area contributed by atoms with Crippen LogP contribution in [0.1, 0.15) is 32.2 Å². The highest BCUT2D eigenvalue weighted by atomic mass is 35.5. The van der Waals surface area contributed by atoms with Gasteiger partial charge in [0.25, 0.3) is 0 Å². The van der Waals surface area contributed by atoms with Crippen molar-refractivity contribution in [3.8, 4) is 16.3 Å². The summed E-state index contributed by atoms with van der Waals surface area (Å²) in [6.45, 7) is 8.32. The molecule has 2 heterocycles. The van der Waals surface area contributed by atoms with Crippen LogP contribution in [-0.4, -0.2) is 14.8 Å². The zero-order valence-corrected chi connectivity index (χ0v) is 16.2. The third-order valence-electron chi connectivity index (χ3n) is 3.72. The summed E-state index contributed by atoms with van der Waals surface area (Å²) in [5, 5.41) is 8.59. The van der Waals surface area contributed by atoms with Gasteiger partial charge in [0.15, 0.2) is 0 Å². The first-order valence-electron chi connectivity index (χ1n) is 7.45. The Bertz CT molecular complexity index is 906. The summed E-state index contributed by atoms with van der Waals surface area (Å²) in [5.74, 6) is 0.506. The van der Waals surface area contributed by atoms with Gasteiger partial charge < -0.3 is 5.73 Å². The lowest BCUT2D eigenvalue weighted by Gasteiger charge is -2.14. The molecule has 7 heteroatoms. The number of nitrogen functional groups attached to an aromatic ring is 1. The highest BCUT2D eigenvalue weighted by Gasteiger charge is 2.23. The molecule has 0 saturated carbocycles. The molecule has 24 heavy (non-hydrogen) atoms. The van der Waals surface area contributed by atoms with E-state index in [0.717, 1.165) is 22.0 Å². The number of anilines is 1. The molecule has 0 atom stereocenters. The second-order valence-corrected chi connectivity index (χ2v) is 8.34. The molecular weight excluding hydrogens is 363 g/mol. The van der Waals surface area contributed by atoms with Gasteiger partial charge in [-0.2, -0.15) is 5.10 Å². The van der Waals surface area contributed by atoms with E-state index in [-0.39, 0.29) is 5.41 Å². The molecule has 0 saturated heterocycles. The highest BCUT2D eigenvalue weighted by molar-refractivity contribution is 7.13. The smallest absolute Gasteiger partial charge is 0.137 e. The van der Waals surface area contributed by atoms with E-state index in [9.17, 15) is 0 Å². The minimum absolute atomic E-state index is 0.0102. The van der Waals surface area contributed by atoms with E-state index in [4.69, 9.17) is 33.9 Å². The second-order valence-electron chi connectivity index (χ2n) is 6.64. The maximum atomic E-state index is 6.37. The third-order valence-corrected chi connectivity index (χ3v) is 5.13. The number of hydrogen-bond donors (Lipinski definition) is 1. The number of aryl methyl sites for hydroxylation is 1. The molecule has 0 aliphatic rings. The lowest BCUT2D eigenvalue weighted by Crippen LogP contribution is -2.11. The Morgan fingerprint density at radius 2 is 1.92 bits per heavy atom. The number of aromatic nitrogens is 3. The molecule has 0 aliphatic heterocycles. The Kier molecular flexibility index (Phi) is 4.36. The summed E-state index contributed by atoms with van der Waals surface area (Å²) in [5.41, 5.74) is 9.70. The van der Waals surface area contributed by atoms with Crippen molar-refractivity contribution < 1.29 is 0 Å². The molecule has 0 spiro atoms. The molecular formula is C17H18Cl2N4S. The van der Waals surface area contributed by atoms with Gasteiger partial charge in [-0.25, -0.2) is 9.67 Å². The molecule has 0 bridgehead atoms. The Morgan fingerprint density at radius 3 is 2.54 bits per heavy atom. The van der Waals surface area contributed by atoms with Crippen molar-refractivity contribution in [1.29, 1.82) is 0 Å². The first-order chi connectivity index (χ1) is 11.2. The zero-order valence-electron chi connectivity index (χ0n) is 13.9. The highest BCUT2D eigenvalue weighted by Crippen LogP contribution is 2.37. The lowest BCUT2D eigenvalue weighted by molar-refractivity contribution is 0.573. The molecule has 3 rings (SSSR count). The minimum Gasteiger partial charge on any atom is -0.383 e. The first-order valence-corrected chi connectivity index (χ1v) is 9.09. The fraction of sp³-hybridized carbons (Fsp3) is 0.294. The second kappa shape index (κ2) is 6.06. The fourth-order valence-electron chi connectivity index (χ4n) is 2.37. The van der Waals surface area contributed by atoms with Crippen molar-refractivity contribution in [1.82, 2.24) is 14.8 Å². The van der Waals surface area contributed by atoms with Crippen LogP contribution in [-0.2, 0) is 5.41 Å². The number of rotatable bonds is 2. The van der Waals surface area contributed by atoms with Gasteiger partial charge in [0, 0.05) is 15.8 Å². The average molecular weight is 381 g/mol. The largest absolute Gasteiger partial charge is 0.383 e. The molecule has 126 valence electrons. The fourth-order valence-corrected chi connectivity index (χ4v) is 3.89. The molecule has 0 fully saturated rings. The van der Waals surface area contributed by atoms with Crippen molar-refractivity contribution in [2.24, 2.45) is 0 Å². The van der Waals surface area contributed by atoms with E-state index in [1.54, 1.807) is 34.2 Å². The molecule has 4 nitrogen and oxygen atoms in total. The number of benzene rings is 1. The Morgan fingerprint density at radius 1 is 1.21 bits per heavy atom. The van der Waals surface area contributed by atoms with Crippen LogP contribution < -0.4 is 5.73 Å². The van der Waals surface area contributed by atoms with E-state index in [1.165, 1.54) is 0 Å². The first kappa shape index (κ1) is 17.3. The molecule has 3 aromatic rings. The molecule has 2 aromatic heterocycles. The summed E-state index contributed by atoms with van der Waals surface area (Å²) in [4.78, 5) is 4.75. The molecule has 0 amide bonds. The van der Waals surface area contributed by atoms with Crippen LogP contribution in [0.25, 0.3) is 16.3 Å². The standard InChI is InChI=1S/C17H18Cl2N4S/c1-9-14(16-21-13(8-24-16)17(2,3)4)15(20)23(22-9)12-7-10(18)5-6-11(12)19/h5-8H,20H2,1-4H3. The van der Waals surface area contributed by atoms with Gasteiger partial charge in [-0.1, -0.05) is 44.0 Å². The number of hydrogen-bond acceptors (Lipinski definition) is 4. The van der Waals surface area contributed by atoms with Crippen molar-refractivity contribution in [3.05, 3.63) is 45.0 Å². The van der Waals surface area contributed by atoms with Crippen molar-refractivity contribution in [2.75, 3.05) is 5.73 Å². The van der Waals surface area contributed by atoms with Crippen LogP contribution >= 0.6 is 34.5 Å². The monoisotopic (exact) mass is 380 g/mol. The van der Waals surface area contributed by atoms with E-state index < -0.39 is 0 Å². The number of nitrogens with zero attached hydrogens (tertiary/aromatic N) is 3. The Hall–Kier alpha value is -1.56. The van der Waals surface area contributed by atoms with Gasteiger partial charge in [-0.15, -0.1) is 11.3 Å². The normalized spacial score (nSPS) is 11.9. The molecule has 0 radical (unpaired) electrons. The maximum Gasteiger partial charge on any atom is 0.137 e. The average Bonchev–Trinajstić information content (AvgIpc) is 3.06. The predicted molar refractivity (Wildman–Crippen MR) is 103 cm³/mol. The van der Waals surface area contributed by atoms with Gasteiger partial charge in [0.05, 0.1) is 27.7 Å². The topological polar surface area (TPSA) is 56.7 Å². The van der Waals surface area contributed by atoms with E-state index in [0.29, 0.717) is 21.6 Å². The van der Waals surface area contributed by atoms with Crippen LogP contribution in [0, 0.1) is 6.92 Å². The summed E-state index contributed by atoms with van der Waals surface area (Å²) in [6, 6.07) is 5.21. The van der Waals surface area contributed by atoms with Gasteiger partial charge >= 0.3 is 0 Å². The molecule has 2 N–H and O–H groups in total. The number of thiazole rings is 1. The minimum atomic E-state index is -0.0102. The zero-order chi connectivity index (χ0) is 17.6. The third kappa shape index (κ3) is 3.04. The van der Waals surface area contributed by atoms with Gasteiger partial charge in [-0.3, -0.25) is 0 Å². The van der Waals surface area contributed by atoms with Crippen LogP contribution in [0.3, 0.4) is 0 Å². The molecule has 0 unspecified atom stereocenters. The summed E-state index contributed by atoms with van der Waals surface area (Å²) >= 11 is 13.9. The van der Waals surface area contributed by atoms with E-state index in [2.05, 4.69) is 31.2 Å². The SMILES string of the molecule is Cc1nn(-c2cc(Cl)ccc2Cl)c(N)c1-c1nc(C(C)(C)C)cs1. The van der Waals surface area contributed by atoms with Crippen LogP contribution in [0.5, 0.6) is 0 Å². The predicted octanol–water partition coefficient (Wildman–Crippen LogP) is 5.49. The van der Waals surface area contributed by atoms with Gasteiger partial charge in [-0.05, 0) is 25.1 Å². The summed E-state index contributed by atoms with van der Waals surface area (Å²) in [7, 11) is 0. The number of nitrogens with two attached hydrogens (primary N) is 1. The van der Waals surface area contributed by atoms with Crippen LogP contribution in [0.4, 0.5) is 5.82 Å². The molecule has 0 aliphatic carbocycles. The van der Waals surface area contributed by atoms with Crippen molar-refractivity contribution >= 4 is 40.4 Å². The Labute approximate surface area is 155 Å².